The number of amides is 2. The average molecular weight is 571 g/mol. The Balaban J connectivity index is 1.26. The molecule has 0 saturated carbocycles. The van der Waals surface area contributed by atoms with E-state index in [0.717, 1.165) is 39.0 Å². The molecule has 2 saturated heterocycles. The van der Waals surface area contributed by atoms with Crippen molar-refractivity contribution in [2.24, 2.45) is 11.8 Å². The SMILES string of the molecule is CC1c2ccccc2C=CC1C(=O)NC[C@@H]1CCN(C[C@@H](c2ccccc2)C(C)C)C(=O)[C@H](CCN2CCCCC2)N1. The number of rotatable bonds is 10. The summed E-state index contributed by atoms with van der Waals surface area (Å²) < 4.78 is 0. The quantitative estimate of drug-likeness (QED) is 0.400. The van der Waals surface area contributed by atoms with Crippen molar-refractivity contribution in [2.75, 3.05) is 39.3 Å². The first-order chi connectivity index (χ1) is 20.4. The molecule has 2 aromatic carbocycles. The van der Waals surface area contributed by atoms with Gasteiger partial charge in [-0.2, -0.15) is 0 Å². The second kappa shape index (κ2) is 14.5. The molecule has 2 N–H and O–H groups in total. The lowest BCUT2D eigenvalue weighted by Gasteiger charge is -2.32. The molecule has 5 rings (SSSR count). The molecular weight excluding hydrogens is 520 g/mol. The molecule has 2 aromatic rings. The number of benzene rings is 2. The highest BCUT2D eigenvalue weighted by Gasteiger charge is 2.34. The summed E-state index contributed by atoms with van der Waals surface area (Å²) in [6.07, 6.45) is 9.56. The monoisotopic (exact) mass is 570 g/mol. The van der Waals surface area contributed by atoms with Gasteiger partial charge < -0.3 is 20.4 Å². The lowest BCUT2D eigenvalue weighted by molar-refractivity contribution is -0.133. The van der Waals surface area contributed by atoms with E-state index in [0.29, 0.717) is 19.0 Å². The number of carbonyl (C=O) groups is 2. The molecule has 1 aliphatic carbocycles. The topological polar surface area (TPSA) is 64.7 Å². The molecule has 5 atom stereocenters. The van der Waals surface area contributed by atoms with E-state index in [1.165, 1.54) is 36.0 Å². The fraction of sp³-hybridized carbons (Fsp3) is 0.556. The maximum absolute atomic E-state index is 14.0. The van der Waals surface area contributed by atoms with Gasteiger partial charge in [0.25, 0.3) is 0 Å². The van der Waals surface area contributed by atoms with Crippen molar-refractivity contribution in [3.8, 4) is 0 Å². The number of hydrogen-bond donors (Lipinski definition) is 2. The van der Waals surface area contributed by atoms with Gasteiger partial charge >= 0.3 is 0 Å². The predicted molar refractivity (Wildman–Crippen MR) is 171 cm³/mol. The van der Waals surface area contributed by atoms with E-state index in [1.54, 1.807) is 0 Å². The van der Waals surface area contributed by atoms with Crippen LogP contribution in [0.2, 0.25) is 0 Å². The second-order valence-electron chi connectivity index (χ2n) is 13.0. The normalized spacial score (nSPS) is 25.6. The lowest BCUT2D eigenvalue weighted by Crippen LogP contribution is -2.51. The van der Waals surface area contributed by atoms with E-state index in [2.05, 4.69) is 89.7 Å². The number of nitrogens with zero attached hydrogens (tertiary/aromatic N) is 2. The Hall–Kier alpha value is -2.96. The molecule has 0 bridgehead atoms. The van der Waals surface area contributed by atoms with Crippen molar-refractivity contribution < 1.29 is 9.59 Å². The van der Waals surface area contributed by atoms with Crippen LogP contribution in [0.5, 0.6) is 0 Å². The average Bonchev–Trinajstić information content (AvgIpc) is 3.16. The van der Waals surface area contributed by atoms with E-state index < -0.39 is 0 Å². The largest absolute Gasteiger partial charge is 0.354 e. The molecule has 2 heterocycles. The Morgan fingerprint density at radius 3 is 2.50 bits per heavy atom. The molecule has 0 aromatic heterocycles. The molecule has 6 nitrogen and oxygen atoms in total. The minimum atomic E-state index is -0.236. The molecule has 6 heteroatoms. The summed E-state index contributed by atoms with van der Waals surface area (Å²) in [5.74, 6) is 0.940. The highest BCUT2D eigenvalue weighted by Crippen LogP contribution is 2.34. The van der Waals surface area contributed by atoms with Gasteiger partial charge in [-0.3, -0.25) is 9.59 Å². The van der Waals surface area contributed by atoms with Crippen molar-refractivity contribution in [1.82, 2.24) is 20.4 Å². The standard InChI is InChI=1S/C36H50N4O2/c1-26(2)33(28-12-6-4-7-13-28)25-40-23-18-30(38-34(36(40)42)19-22-39-20-10-5-11-21-39)24-37-35(41)32-17-16-29-14-8-9-15-31(29)27(32)3/h4,6-9,12-17,26-27,30,32-34,38H,5,10-11,18-25H2,1-3H3,(H,37,41)/t27?,30-,32?,33+,34-/m0/s1. The number of likely N-dealkylation sites (tertiary alicyclic amines) is 1. The van der Waals surface area contributed by atoms with Gasteiger partial charge in [0.05, 0.1) is 12.0 Å². The summed E-state index contributed by atoms with van der Waals surface area (Å²) in [6.45, 7) is 11.8. The van der Waals surface area contributed by atoms with Crippen LogP contribution in [-0.2, 0) is 9.59 Å². The van der Waals surface area contributed by atoms with Gasteiger partial charge in [0.1, 0.15) is 0 Å². The molecule has 2 amide bonds. The molecule has 226 valence electrons. The highest BCUT2D eigenvalue weighted by molar-refractivity contribution is 5.84. The predicted octanol–water partition coefficient (Wildman–Crippen LogP) is 5.42. The molecule has 0 radical (unpaired) electrons. The zero-order valence-electron chi connectivity index (χ0n) is 25.8. The summed E-state index contributed by atoms with van der Waals surface area (Å²) >= 11 is 0. The van der Waals surface area contributed by atoms with Gasteiger partial charge in [-0.1, -0.05) is 93.9 Å². The second-order valence-corrected chi connectivity index (χ2v) is 13.0. The van der Waals surface area contributed by atoms with E-state index in [1.807, 2.05) is 18.2 Å². The lowest BCUT2D eigenvalue weighted by atomic mass is 9.80. The van der Waals surface area contributed by atoms with E-state index in [-0.39, 0.29) is 41.7 Å². The molecule has 3 aliphatic rings. The third-order valence-corrected chi connectivity index (χ3v) is 9.76. The Morgan fingerprint density at radius 1 is 1.00 bits per heavy atom. The van der Waals surface area contributed by atoms with Crippen LogP contribution in [0.3, 0.4) is 0 Å². The molecule has 2 fully saturated rings. The zero-order valence-corrected chi connectivity index (χ0v) is 25.8. The van der Waals surface area contributed by atoms with E-state index in [9.17, 15) is 9.59 Å². The number of fused-ring (bicyclic) bond motifs is 1. The van der Waals surface area contributed by atoms with Crippen molar-refractivity contribution >= 4 is 17.9 Å². The van der Waals surface area contributed by atoms with E-state index >= 15 is 0 Å². The van der Waals surface area contributed by atoms with Crippen molar-refractivity contribution in [3.63, 3.8) is 0 Å². The number of hydrogen-bond acceptors (Lipinski definition) is 4. The third kappa shape index (κ3) is 7.51. The minimum Gasteiger partial charge on any atom is -0.354 e. The molecule has 0 spiro atoms. The Kier molecular flexibility index (Phi) is 10.5. The number of nitrogens with one attached hydrogen (secondary N) is 2. The van der Waals surface area contributed by atoms with Crippen LogP contribution in [-0.4, -0.2) is 73.0 Å². The number of carbonyl (C=O) groups excluding carboxylic acids is 2. The van der Waals surface area contributed by atoms with Crippen LogP contribution in [0, 0.1) is 11.8 Å². The van der Waals surface area contributed by atoms with Gasteiger partial charge in [0.2, 0.25) is 11.8 Å². The van der Waals surface area contributed by atoms with Crippen LogP contribution >= 0.6 is 0 Å². The molecule has 2 unspecified atom stereocenters. The van der Waals surface area contributed by atoms with Gasteiger partial charge in [-0.15, -0.1) is 0 Å². The van der Waals surface area contributed by atoms with Gasteiger partial charge in [-0.05, 0) is 67.3 Å². The van der Waals surface area contributed by atoms with Crippen LogP contribution < -0.4 is 10.6 Å². The molecule has 2 aliphatic heterocycles. The fourth-order valence-electron chi connectivity index (χ4n) is 7.06. The molecule has 42 heavy (non-hydrogen) atoms. The van der Waals surface area contributed by atoms with Crippen molar-refractivity contribution in [1.29, 1.82) is 0 Å². The molecular formula is C36H50N4O2. The van der Waals surface area contributed by atoms with Gasteiger partial charge in [0, 0.05) is 38.1 Å². The first-order valence-corrected chi connectivity index (χ1v) is 16.3. The summed E-state index contributed by atoms with van der Waals surface area (Å²) in [6, 6.07) is 18.8. The highest BCUT2D eigenvalue weighted by atomic mass is 16.2. The van der Waals surface area contributed by atoms with Gasteiger partial charge in [0.15, 0.2) is 0 Å². The Bertz CT molecular complexity index is 1210. The minimum absolute atomic E-state index is 0.0543. The van der Waals surface area contributed by atoms with Gasteiger partial charge in [-0.25, -0.2) is 0 Å². The smallest absolute Gasteiger partial charge is 0.239 e. The maximum atomic E-state index is 14.0. The maximum Gasteiger partial charge on any atom is 0.239 e. The van der Waals surface area contributed by atoms with Crippen LogP contribution in [0.4, 0.5) is 0 Å². The van der Waals surface area contributed by atoms with Crippen molar-refractivity contribution in [3.05, 3.63) is 77.4 Å². The summed E-state index contributed by atoms with van der Waals surface area (Å²) in [7, 11) is 0. The summed E-state index contributed by atoms with van der Waals surface area (Å²) in [4.78, 5) is 32.1. The number of piperidine rings is 1. The Morgan fingerprint density at radius 2 is 1.74 bits per heavy atom. The first-order valence-electron chi connectivity index (χ1n) is 16.3. The van der Waals surface area contributed by atoms with Crippen molar-refractivity contribution in [2.45, 2.75) is 76.8 Å². The fourth-order valence-corrected chi connectivity index (χ4v) is 7.06. The summed E-state index contributed by atoms with van der Waals surface area (Å²) in [5, 5.41) is 6.97. The zero-order chi connectivity index (χ0) is 29.5. The Labute approximate surface area is 252 Å². The van der Waals surface area contributed by atoms with Crippen LogP contribution in [0.25, 0.3) is 6.08 Å². The van der Waals surface area contributed by atoms with Crippen LogP contribution in [0.1, 0.15) is 81.4 Å². The van der Waals surface area contributed by atoms with Crippen LogP contribution in [0.15, 0.2) is 60.7 Å². The first kappa shape index (κ1) is 30.5. The van der Waals surface area contributed by atoms with E-state index in [4.69, 9.17) is 0 Å². The summed E-state index contributed by atoms with van der Waals surface area (Å²) in [5.41, 5.74) is 3.72. The third-order valence-electron chi connectivity index (χ3n) is 9.76.